The second-order valence-electron chi connectivity index (χ2n) is 3.60. The van der Waals surface area contributed by atoms with Crippen molar-refractivity contribution in [3.05, 3.63) is 58.9 Å². The van der Waals surface area contributed by atoms with Gasteiger partial charge in [-0.1, -0.05) is 23.7 Å². The Bertz CT molecular complexity index is 531. The molecule has 0 atom stereocenters. The number of ether oxygens (including phenoxy) is 1. The molecule has 0 spiro atoms. The summed E-state index contributed by atoms with van der Waals surface area (Å²) in [7, 11) is 0. The van der Waals surface area contributed by atoms with Crippen LogP contribution in [0.5, 0.6) is 5.75 Å². The fourth-order valence-corrected chi connectivity index (χ4v) is 1.64. The molecule has 0 radical (unpaired) electrons. The van der Waals surface area contributed by atoms with E-state index < -0.39 is 0 Å². The molecule has 4 heteroatoms. The van der Waals surface area contributed by atoms with Crippen molar-refractivity contribution < 1.29 is 9.13 Å². The van der Waals surface area contributed by atoms with Crippen LogP contribution < -0.4 is 10.5 Å². The van der Waals surface area contributed by atoms with Crippen LogP contribution in [0.1, 0.15) is 5.56 Å². The molecule has 0 amide bonds. The fraction of sp³-hybridized carbons (Fsp3) is 0.0769. The second-order valence-corrected chi connectivity index (χ2v) is 4.00. The van der Waals surface area contributed by atoms with Gasteiger partial charge in [0, 0.05) is 22.3 Å². The molecular formula is C13H11ClFNO. The van der Waals surface area contributed by atoms with Gasteiger partial charge in [-0.2, -0.15) is 0 Å². The van der Waals surface area contributed by atoms with E-state index in [1.54, 1.807) is 30.3 Å². The smallest absolute Gasteiger partial charge is 0.126 e. The van der Waals surface area contributed by atoms with Gasteiger partial charge in [-0.25, -0.2) is 4.39 Å². The minimum atomic E-state index is -0.328. The molecule has 88 valence electrons. The molecule has 2 aromatic rings. The molecule has 0 aliphatic rings. The second kappa shape index (κ2) is 5.06. The predicted octanol–water partition coefficient (Wildman–Crippen LogP) is 3.64. The first-order valence-corrected chi connectivity index (χ1v) is 5.45. The average Bonchev–Trinajstić information content (AvgIpc) is 2.28. The Hall–Kier alpha value is -1.74. The summed E-state index contributed by atoms with van der Waals surface area (Å²) in [6.07, 6.45) is 0. The van der Waals surface area contributed by atoms with E-state index in [0.717, 1.165) is 5.56 Å². The van der Waals surface area contributed by atoms with Crippen molar-refractivity contribution >= 4 is 17.3 Å². The topological polar surface area (TPSA) is 35.2 Å². The molecule has 0 saturated heterocycles. The van der Waals surface area contributed by atoms with Gasteiger partial charge in [0.1, 0.15) is 18.2 Å². The molecule has 0 saturated carbocycles. The Morgan fingerprint density at radius 2 is 2.00 bits per heavy atom. The lowest BCUT2D eigenvalue weighted by atomic mass is 10.2. The molecule has 0 aromatic heterocycles. The molecule has 17 heavy (non-hydrogen) atoms. The maximum absolute atomic E-state index is 12.9. The summed E-state index contributed by atoms with van der Waals surface area (Å²) in [6.45, 7) is 0.280. The SMILES string of the molecule is Nc1ccc(COc2cccc(F)c2)c(Cl)c1. The summed E-state index contributed by atoms with van der Waals surface area (Å²) in [4.78, 5) is 0. The van der Waals surface area contributed by atoms with Crippen LogP contribution >= 0.6 is 11.6 Å². The molecule has 0 fully saturated rings. The average molecular weight is 252 g/mol. The number of benzene rings is 2. The fourth-order valence-electron chi connectivity index (χ4n) is 1.40. The first-order chi connectivity index (χ1) is 8.15. The third kappa shape index (κ3) is 3.11. The van der Waals surface area contributed by atoms with Gasteiger partial charge in [0.25, 0.3) is 0 Å². The summed E-state index contributed by atoms with van der Waals surface area (Å²) in [5.74, 6) is 0.142. The monoisotopic (exact) mass is 251 g/mol. The minimum Gasteiger partial charge on any atom is -0.489 e. The summed E-state index contributed by atoms with van der Waals surface area (Å²) in [5, 5.41) is 0.543. The van der Waals surface area contributed by atoms with Crippen LogP contribution in [0.15, 0.2) is 42.5 Å². The Kier molecular flexibility index (Phi) is 3.49. The van der Waals surface area contributed by atoms with E-state index in [1.165, 1.54) is 12.1 Å². The third-order valence-electron chi connectivity index (χ3n) is 2.27. The first kappa shape index (κ1) is 11.7. The maximum Gasteiger partial charge on any atom is 0.126 e. The van der Waals surface area contributed by atoms with Gasteiger partial charge in [0.05, 0.1) is 0 Å². The zero-order valence-electron chi connectivity index (χ0n) is 8.99. The van der Waals surface area contributed by atoms with Crippen molar-refractivity contribution in [2.45, 2.75) is 6.61 Å². The van der Waals surface area contributed by atoms with Gasteiger partial charge < -0.3 is 10.5 Å². The van der Waals surface area contributed by atoms with Crippen LogP contribution in [0.2, 0.25) is 5.02 Å². The van der Waals surface area contributed by atoms with E-state index in [-0.39, 0.29) is 12.4 Å². The van der Waals surface area contributed by atoms with Gasteiger partial charge in [-0.15, -0.1) is 0 Å². The van der Waals surface area contributed by atoms with Crippen LogP contribution in [0, 0.1) is 5.82 Å². The van der Waals surface area contributed by atoms with E-state index in [1.807, 2.05) is 0 Å². The van der Waals surface area contributed by atoms with Gasteiger partial charge in [0.15, 0.2) is 0 Å². The number of hydrogen-bond donors (Lipinski definition) is 1. The van der Waals surface area contributed by atoms with Gasteiger partial charge >= 0.3 is 0 Å². The first-order valence-electron chi connectivity index (χ1n) is 5.07. The van der Waals surface area contributed by atoms with Gasteiger partial charge in [0.2, 0.25) is 0 Å². The molecule has 2 nitrogen and oxygen atoms in total. The number of anilines is 1. The zero-order chi connectivity index (χ0) is 12.3. The van der Waals surface area contributed by atoms with E-state index in [0.29, 0.717) is 16.5 Å². The molecule has 2 N–H and O–H groups in total. The number of halogens is 2. The van der Waals surface area contributed by atoms with Gasteiger partial charge in [-0.3, -0.25) is 0 Å². The molecular weight excluding hydrogens is 241 g/mol. The Labute approximate surface area is 104 Å². The largest absolute Gasteiger partial charge is 0.489 e. The minimum absolute atomic E-state index is 0.280. The highest BCUT2D eigenvalue weighted by molar-refractivity contribution is 6.31. The molecule has 0 unspecified atom stereocenters. The molecule has 0 aliphatic heterocycles. The summed E-state index contributed by atoms with van der Waals surface area (Å²) in [5.41, 5.74) is 6.99. The van der Waals surface area contributed by atoms with Crippen molar-refractivity contribution in [1.29, 1.82) is 0 Å². The highest BCUT2D eigenvalue weighted by Gasteiger charge is 2.02. The van der Waals surface area contributed by atoms with E-state index in [4.69, 9.17) is 22.1 Å². The standard InChI is InChI=1S/C13H11ClFNO/c14-13-7-11(16)5-4-9(13)8-17-12-3-1-2-10(15)6-12/h1-7H,8,16H2. The highest BCUT2D eigenvalue weighted by atomic mass is 35.5. The molecule has 0 heterocycles. The summed E-state index contributed by atoms with van der Waals surface area (Å²) < 4.78 is 18.3. The maximum atomic E-state index is 12.9. The van der Waals surface area contributed by atoms with Crippen LogP contribution in [-0.2, 0) is 6.61 Å². The van der Waals surface area contributed by atoms with Crippen LogP contribution in [0.4, 0.5) is 10.1 Å². The van der Waals surface area contributed by atoms with Crippen LogP contribution in [-0.4, -0.2) is 0 Å². The summed E-state index contributed by atoms with van der Waals surface area (Å²) in [6, 6.07) is 11.2. The van der Waals surface area contributed by atoms with Crippen LogP contribution in [0.3, 0.4) is 0 Å². The lowest BCUT2D eigenvalue weighted by molar-refractivity contribution is 0.304. The zero-order valence-corrected chi connectivity index (χ0v) is 9.75. The normalized spacial score (nSPS) is 10.2. The van der Waals surface area contributed by atoms with Crippen molar-refractivity contribution in [3.63, 3.8) is 0 Å². The summed E-state index contributed by atoms with van der Waals surface area (Å²) >= 11 is 5.99. The number of rotatable bonds is 3. The Morgan fingerprint density at radius 1 is 1.18 bits per heavy atom. The lowest BCUT2D eigenvalue weighted by Crippen LogP contribution is -1.97. The van der Waals surface area contributed by atoms with Crippen LogP contribution in [0.25, 0.3) is 0 Å². The molecule has 2 aromatic carbocycles. The quantitative estimate of drug-likeness (QED) is 0.846. The number of nitrogens with two attached hydrogens (primary N) is 1. The Morgan fingerprint density at radius 3 is 2.71 bits per heavy atom. The lowest BCUT2D eigenvalue weighted by Gasteiger charge is -2.08. The van der Waals surface area contributed by atoms with Crippen molar-refractivity contribution in [2.75, 3.05) is 5.73 Å². The van der Waals surface area contributed by atoms with Crippen molar-refractivity contribution in [3.8, 4) is 5.75 Å². The van der Waals surface area contributed by atoms with E-state index in [9.17, 15) is 4.39 Å². The molecule has 0 aliphatic carbocycles. The van der Waals surface area contributed by atoms with Gasteiger partial charge in [-0.05, 0) is 24.3 Å². The number of nitrogen functional groups attached to an aromatic ring is 1. The Balaban J connectivity index is 2.07. The molecule has 2 rings (SSSR count). The molecule has 0 bridgehead atoms. The predicted molar refractivity (Wildman–Crippen MR) is 66.6 cm³/mol. The van der Waals surface area contributed by atoms with E-state index in [2.05, 4.69) is 0 Å². The number of hydrogen-bond acceptors (Lipinski definition) is 2. The van der Waals surface area contributed by atoms with E-state index >= 15 is 0 Å². The highest BCUT2D eigenvalue weighted by Crippen LogP contribution is 2.21. The van der Waals surface area contributed by atoms with Crippen molar-refractivity contribution in [1.82, 2.24) is 0 Å². The third-order valence-corrected chi connectivity index (χ3v) is 2.62. The van der Waals surface area contributed by atoms with Crippen molar-refractivity contribution in [2.24, 2.45) is 0 Å².